The zero-order valence-corrected chi connectivity index (χ0v) is 16.4. The Morgan fingerprint density at radius 2 is 1.70 bits per heavy atom. The highest BCUT2D eigenvalue weighted by atomic mass is 16.3. The van der Waals surface area contributed by atoms with Crippen LogP contribution in [0.3, 0.4) is 0 Å². The second kappa shape index (κ2) is 6.62. The third-order valence-electron chi connectivity index (χ3n) is 8.88. The van der Waals surface area contributed by atoms with Gasteiger partial charge in [-0.15, -0.1) is 0 Å². The van der Waals surface area contributed by atoms with Crippen molar-refractivity contribution in [3.8, 4) is 0 Å². The minimum atomic E-state index is -0.360. The lowest BCUT2D eigenvalue weighted by molar-refractivity contribution is -0.134. The zero-order chi connectivity index (χ0) is 18.6. The fourth-order valence-corrected chi connectivity index (χ4v) is 7.51. The third-order valence-corrected chi connectivity index (χ3v) is 8.88. The molecular weight excluding hydrogens is 334 g/mol. The van der Waals surface area contributed by atoms with E-state index in [1.807, 2.05) is 0 Å². The summed E-state index contributed by atoms with van der Waals surface area (Å²) in [7, 11) is 0. The minimum absolute atomic E-state index is 0.00202. The van der Waals surface area contributed by atoms with Gasteiger partial charge in [-0.3, -0.25) is 4.79 Å². The summed E-state index contributed by atoms with van der Waals surface area (Å²) in [6.07, 6.45) is 8.17. The van der Waals surface area contributed by atoms with Gasteiger partial charge in [0.05, 0.1) is 12.1 Å². The average molecular weight is 368 g/mol. The lowest BCUT2D eigenvalue weighted by Crippen LogP contribution is -2.59. The van der Waals surface area contributed by atoms with Crippen molar-refractivity contribution in [3.63, 3.8) is 0 Å². The van der Waals surface area contributed by atoms with Crippen molar-refractivity contribution in [1.29, 1.82) is 0 Å². The van der Waals surface area contributed by atoms with Crippen LogP contribution >= 0.6 is 0 Å². The second-order valence-corrected chi connectivity index (χ2v) is 9.97. The van der Waals surface area contributed by atoms with Crippen LogP contribution in [0.2, 0.25) is 0 Å². The van der Waals surface area contributed by atoms with Gasteiger partial charge in [-0.2, -0.15) is 0 Å². The number of nitrogens with one attached hydrogen (secondary N) is 1. The van der Waals surface area contributed by atoms with Crippen molar-refractivity contribution < 1.29 is 9.90 Å². The van der Waals surface area contributed by atoms with Gasteiger partial charge in [-0.05, 0) is 80.1 Å². The first-order chi connectivity index (χ1) is 13.1. The lowest BCUT2D eigenvalue weighted by Gasteiger charge is -2.63. The Morgan fingerprint density at radius 3 is 2.26 bits per heavy atom. The van der Waals surface area contributed by atoms with Crippen LogP contribution in [0.5, 0.6) is 0 Å². The molecule has 5 fully saturated rings. The number of hydrogen-bond donors (Lipinski definition) is 2. The summed E-state index contributed by atoms with van der Waals surface area (Å²) in [5.41, 5.74) is 1.38. The van der Waals surface area contributed by atoms with E-state index in [0.717, 1.165) is 37.0 Å². The van der Waals surface area contributed by atoms with Gasteiger partial charge in [0.25, 0.3) is 0 Å². The molecule has 5 aliphatic carbocycles. The largest absolute Gasteiger partial charge is 0.391 e. The number of amides is 1. The summed E-state index contributed by atoms with van der Waals surface area (Å²) in [6.45, 7) is 2.46. The van der Waals surface area contributed by atoms with E-state index in [1.54, 1.807) is 0 Å². The molecule has 3 nitrogen and oxygen atoms in total. The van der Waals surface area contributed by atoms with Crippen molar-refractivity contribution in [2.75, 3.05) is 0 Å². The molecule has 146 valence electrons. The fourth-order valence-electron chi connectivity index (χ4n) is 7.51. The number of hydrogen-bond acceptors (Lipinski definition) is 2. The molecule has 5 aliphatic rings. The van der Waals surface area contributed by atoms with Crippen molar-refractivity contribution >= 4 is 5.91 Å². The van der Waals surface area contributed by atoms with E-state index in [2.05, 4.69) is 42.6 Å². The molecule has 1 aromatic rings. The van der Waals surface area contributed by atoms with E-state index >= 15 is 0 Å². The van der Waals surface area contributed by atoms with Gasteiger partial charge < -0.3 is 10.4 Å². The second-order valence-electron chi connectivity index (χ2n) is 9.97. The molecule has 0 spiro atoms. The first kappa shape index (κ1) is 17.7. The van der Waals surface area contributed by atoms with Crippen molar-refractivity contribution in [1.82, 2.24) is 5.32 Å². The van der Waals surface area contributed by atoms with Gasteiger partial charge in [0, 0.05) is 11.8 Å². The Bertz CT molecular complexity index is 670. The number of aliphatic hydroxyl groups is 1. The molecule has 6 rings (SSSR count). The standard InChI is InChI=1S/C24H33NO2/c1-15-16-10-19-12-17(15)13-20(11-16)24(19,18-6-3-2-4-7-18)14-23(27)25-21-8-5-9-22(21)26/h2-4,6-7,15-17,19-22,26H,5,8-14H2,1H3,(H,25,27). The Morgan fingerprint density at radius 1 is 1.07 bits per heavy atom. The SMILES string of the molecule is CC1C2CC3CC1CC(C2)C3(CC(=O)NC1CCCC1O)c1ccccc1. The summed E-state index contributed by atoms with van der Waals surface area (Å²) in [6, 6.07) is 10.9. The molecule has 2 atom stereocenters. The molecule has 2 N–H and O–H groups in total. The van der Waals surface area contributed by atoms with Crippen molar-refractivity contribution in [2.24, 2.45) is 29.6 Å². The molecule has 27 heavy (non-hydrogen) atoms. The van der Waals surface area contributed by atoms with Crippen LogP contribution in [0.15, 0.2) is 30.3 Å². The van der Waals surface area contributed by atoms with Crippen LogP contribution in [-0.4, -0.2) is 23.2 Å². The van der Waals surface area contributed by atoms with E-state index in [4.69, 9.17) is 0 Å². The maximum atomic E-state index is 13.2. The molecule has 2 unspecified atom stereocenters. The van der Waals surface area contributed by atoms with Crippen LogP contribution in [-0.2, 0) is 10.2 Å². The van der Waals surface area contributed by atoms with Crippen LogP contribution in [0.1, 0.15) is 63.9 Å². The summed E-state index contributed by atoms with van der Waals surface area (Å²) in [5, 5.41) is 13.3. The molecule has 1 amide bonds. The normalized spacial score (nSPS) is 45.2. The van der Waals surface area contributed by atoms with Gasteiger partial charge in [0.1, 0.15) is 0 Å². The molecule has 1 aromatic carbocycles. The van der Waals surface area contributed by atoms with E-state index in [1.165, 1.54) is 31.2 Å². The van der Waals surface area contributed by atoms with Crippen molar-refractivity contribution in [2.45, 2.75) is 75.9 Å². The molecular formula is C24H33NO2. The summed E-state index contributed by atoms with van der Waals surface area (Å²) >= 11 is 0. The maximum absolute atomic E-state index is 13.2. The van der Waals surface area contributed by atoms with E-state index < -0.39 is 0 Å². The van der Waals surface area contributed by atoms with Gasteiger partial charge in [-0.25, -0.2) is 0 Å². The van der Waals surface area contributed by atoms with Gasteiger partial charge in [0.15, 0.2) is 0 Å². The zero-order valence-electron chi connectivity index (χ0n) is 16.4. The highest BCUT2D eigenvalue weighted by Gasteiger charge is 2.60. The average Bonchev–Trinajstić information content (AvgIpc) is 3.05. The maximum Gasteiger partial charge on any atom is 0.221 e. The van der Waals surface area contributed by atoms with E-state index in [0.29, 0.717) is 18.3 Å². The molecule has 0 saturated heterocycles. The smallest absolute Gasteiger partial charge is 0.221 e. The summed E-state index contributed by atoms with van der Waals surface area (Å²) in [4.78, 5) is 13.2. The molecule has 0 aromatic heterocycles. The van der Waals surface area contributed by atoms with Crippen LogP contribution in [0.25, 0.3) is 0 Å². The highest BCUT2D eigenvalue weighted by molar-refractivity contribution is 5.78. The Balaban J connectivity index is 1.45. The number of benzene rings is 1. The highest BCUT2D eigenvalue weighted by Crippen LogP contribution is 2.65. The first-order valence-electron chi connectivity index (χ1n) is 11.1. The summed E-state index contributed by atoms with van der Waals surface area (Å²) in [5.74, 6) is 4.03. The summed E-state index contributed by atoms with van der Waals surface area (Å²) < 4.78 is 0. The first-order valence-corrected chi connectivity index (χ1v) is 11.1. The molecule has 4 bridgehead atoms. The van der Waals surface area contributed by atoms with E-state index in [-0.39, 0.29) is 23.5 Å². The van der Waals surface area contributed by atoms with Crippen LogP contribution in [0.4, 0.5) is 0 Å². The fraction of sp³-hybridized carbons (Fsp3) is 0.708. The predicted molar refractivity (Wildman–Crippen MR) is 106 cm³/mol. The van der Waals surface area contributed by atoms with Gasteiger partial charge in [0.2, 0.25) is 5.91 Å². The number of carbonyl (C=O) groups excluding carboxylic acids is 1. The Hall–Kier alpha value is -1.35. The molecule has 5 saturated carbocycles. The Labute approximate surface area is 162 Å². The molecule has 0 radical (unpaired) electrons. The van der Waals surface area contributed by atoms with Gasteiger partial charge in [-0.1, -0.05) is 37.3 Å². The lowest BCUT2D eigenvalue weighted by atomic mass is 9.41. The van der Waals surface area contributed by atoms with E-state index in [9.17, 15) is 9.90 Å². The predicted octanol–water partition coefficient (Wildman–Crippen LogP) is 4.05. The monoisotopic (exact) mass is 367 g/mol. The minimum Gasteiger partial charge on any atom is -0.391 e. The number of rotatable bonds is 4. The number of carbonyl (C=O) groups is 1. The van der Waals surface area contributed by atoms with Crippen LogP contribution < -0.4 is 5.32 Å². The molecule has 3 heteroatoms. The third kappa shape index (κ3) is 2.76. The van der Waals surface area contributed by atoms with Crippen molar-refractivity contribution in [3.05, 3.63) is 35.9 Å². The molecule has 0 heterocycles. The topological polar surface area (TPSA) is 49.3 Å². The Kier molecular flexibility index (Phi) is 4.34. The molecule has 0 aliphatic heterocycles. The number of aliphatic hydroxyl groups excluding tert-OH is 1. The van der Waals surface area contributed by atoms with Gasteiger partial charge >= 0.3 is 0 Å². The quantitative estimate of drug-likeness (QED) is 0.843. The van der Waals surface area contributed by atoms with Crippen LogP contribution in [0, 0.1) is 29.6 Å².